The molecule has 110 valence electrons. The van der Waals surface area contributed by atoms with Crippen LogP contribution in [0.5, 0.6) is 0 Å². The molecule has 3 N–H and O–H groups in total. The van der Waals surface area contributed by atoms with Crippen LogP contribution in [-0.2, 0) is 19.6 Å². The molecule has 0 spiro atoms. The summed E-state index contributed by atoms with van der Waals surface area (Å²) in [6.45, 7) is 4.36. The third-order valence-electron chi connectivity index (χ3n) is 2.01. The number of hydrogen-bond donors (Lipinski definition) is 2. The molecule has 0 atom stereocenters. The number of hydrogen-bond acceptors (Lipinski definition) is 5. The number of nitrogens with two attached hydrogens (primary N) is 1. The molecular weight excluding hydrogens is 270 g/mol. The summed E-state index contributed by atoms with van der Waals surface area (Å²) in [6, 6.07) is 5.99. The van der Waals surface area contributed by atoms with Crippen molar-refractivity contribution in [2.45, 2.75) is 11.8 Å². The highest BCUT2D eigenvalue weighted by Gasteiger charge is 2.06. The highest BCUT2D eigenvalue weighted by atomic mass is 32.2. The Morgan fingerprint density at radius 2 is 1.74 bits per heavy atom. The molecule has 0 fully saturated rings. The third kappa shape index (κ3) is 9.57. The lowest BCUT2D eigenvalue weighted by Gasteiger charge is -1.98. The van der Waals surface area contributed by atoms with Crippen LogP contribution in [0.1, 0.15) is 5.56 Å². The monoisotopic (exact) mass is 291 g/mol. The zero-order chi connectivity index (χ0) is 14.7. The van der Waals surface area contributed by atoms with Crippen LogP contribution in [0.25, 0.3) is 0 Å². The molecule has 1 aromatic carbocycles. The standard InChI is InChI=1S/C7H8O3S.C5H13NO2/c1-6-2-4-7(5-3-6)11(8,9)10;1-7-4-5-8-3-2-6/h2-5H,1H3,(H,8,9,10);2-6H2,1H3. The second kappa shape index (κ2) is 9.88. The van der Waals surface area contributed by atoms with Crippen molar-refractivity contribution >= 4 is 10.1 Å². The number of aryl methyl sites for hydroxylation is 1. The maximum absolute atomic E-state index is 10.5. The van der Waals surface area contributed by atoms with E-state index < -0.39 is 10.1 Å². The Labute approximate surface area is 114 Å². The summed E-state index contributed by atoms with van der Waals surface area (Å²) in [5.41, 5.74) is 6.10. The smallest absolute Gasteiger partial charge is 0.294 e. The van der Waals surface area contributed by atoms with Gasteiger partial charge in [-0.2, -0.15) is 8.42 Å². The molecule has 0 unspecified atom stereocenters. The van der Waals surface area contributed by atoms with Gasteiger partial charge in [-0.05, 0) is 19.1 Å². The fourth-order valence-electron chi connectivity index (χ4n) is 1.04. The summed E-state index contributed by atoms with van der Waals surface area (Å²) in [5.74, 6) is 0. The van der Waals surface area contributed by atoms with E-state index in [1.807, 2.05) is 6.92 Å². The molecule has 0 amide bonds. The first-order chi connectivity index (χ1) is 8.91. The molecule has 1 aromatic rings. The summed E-state index contributed by atoms with van der Waals surface area (Å²) in [5, 5.41) is 0. The van der Waals surface area contributed by atoms with Crippen molar-refractivity contribution in [3.8, 4) is 0 Å². The first kappa shape index (κ1) is 18.0. The quantitative estimate of drug-likeness (QED) is 0.595. The summed E-state index contributed by atoms with van der Waals surface area (Å²) in [4.78, 5) is -0.0666. The Kier molecular flexibility index (Phi) is 9.36. The molecule has 0 aliphatic heterocycles. The summed E-state index contributed by atoms with van der Waals surface area (Å²) in [6.07, 6.45) is 0. The van der Waals surface area contributed by atoms with Gasteiger partial charge in [0.2, 0.25) is 0 Å². The Hall–Kier alpha value is -0.990. The first-order valence-corrected chi connectivity index (χ1v) is 7.16. The highest BCUT2D eigenvalue weighted by molar-refractivity contribution is 7.85. The molecule has 19 heavy (non-hydrogen) atoms. The van der Waals surface area contributed by atoms with E-state index in [0.29, 0.717) is 26.4 Å². The molecule has 6 nitrogen and oxygen atoms in total. The summed E-state index contributed by atoms with van der Waals surface area (Å²) >= 11 is 0. The van der Waals surface area contributed by atoms with E-state index in [2.05, 4.69) is 0 Å². The zero-order valence-corrected chi connectivity index (χ0v) is 12.0. The molecule has 0 aromatic heterocycles. The van der Waals surface area contributed by atoms with Gasteiger partial charge in [0.1, 0.15) is 0 Å². The van der Waals surface area contributed by atoms with Crippen LogP contribution in [0.2, 0.25) is 0 Å². The van der Waals surface area contributed by atoms with Crippen molar-refractivity contribution < 1.29 is 22.4 Å². The average Bonchev–Trinajstić information content (AvgIpc) is 2.35. The first-order valence-electron chi connectivity index (χ1n) is 5.72. The van der Waals surface area contributed by atoms with Gasteiger partial charge < -0.3 is 15.2 Å². The largest absolute Gasteiger partial charge is 0.382 e. The van der Waals surface area contributed by atoms with Crippen molar-refractivity contribution in [1.82, 2.24) is 0 Å². The molecule has 0 heterocycles. The average molecular weight is 291 g/mol. The summed E-state index contributed by atoms with van der Waals surface area (Å²) < 4.78 is 39.2. The van der Waals surface area contributed by atoms with E-state index in [1.165, 1.54) is 12.1 Å². The molecule has 0 bridgehead atoms. The fourth-order valence-corrected chi connectivity index (χ4v) is 1.52. The van der Waals surface area contributed by atoms with Gasteiger partial charge in [0.05, 0.1) is 24.7 Å². The minimum atomic E-state index is -4.02. The van der Waals surface area contributed by atoms with Gasteiger partial charge in [-0.1, -0.05) is 17.7 Å². The van der Waals surface area contributed by atoms with E-state index >= 15 is 0 Å². The molecule has 0 aliphatic carbocycles. The number of methoxy groups -OCH3 is 1. The van der Waals surface area contributed by atoms with Gasteiger partial charge in [-0.15, -0.1) is 0 Å². The van der Waals surface area contributed by atoms with E-state index in [1.54, 1.807) is 19.2 Å². The number of benzene rings is 1. The Morgan fingerprint density at radius 3 is 2.16 bits per heavy atom. The van der Waals surface area contributed by atoms with Gasteiger partial charge in [0, 0.05) is 13.7 Å². The van der Waals surface area contributed by atoms with Crippen molar-refractivity contribution in [1.29, 1.82) is 0 Å². The minimum absolute atomic E-state index is 0.0666. The van der Waals surface area contributed by atoms with Gasteiger partial charge in [-0.3, -0.25) is 4.55 Å². The molecule has 7 heteroatoms. The predicted molar refractivity (Wildman–Crippen MR) is 72.7 cm³/mol. The molecule has 0 aliphatic rings. The van der Waals surface area contributed by atoms with Crippen LogP contribution in [0.3, 0.4) is 0 Å². The van der Waals surface area contributed by atoms with Crippen molar-refractivity contribution in [3.63, 3.8) is 0 Å². The molecule has 0 saturated heterocycles. The number of rotatable bonds is 6. The van der Waals surface area contributed by atoms with E-state index in [0.717, 1.165) is 5.56 Å². The number of ether oxygens (including phenoxy) is 2. The lowest BCUT2D eigenvalue weighted by atomic mass is 10.2. The maximum atomic E-state index is 10.5. The van der Waals surface area contributed by atoms with Crippen LogP contribution in [0.15, 0.2) is 29.2 Å². The van der Waals surface area contributed by atoms with Crippen LogP contribution in [0, 0.1) is 6.92 Å². The van der Waals surface area contributed by atoms with E-state index in [4.69, 9.17) is 19.8 Å². The second-order valence-corrected chi connectivity index (χ2v) is 5.10. The fraction of sp³-hybridized carbons (Fsp3) is 0.500. The van der Waals surface area contributed by atoms with E-state index in [-0.39, 0.29) is 4.90 Å². The van der Waals surface area contributed by atoms with Gasteiger partial charge in [0.15, 0.2) is 0 Å². The topological polar surface area (TPSA) is 98.9 Å². The maximum Gasteiger partial charge on any atom is 0.294 e. The van der Waals surface area contributed by atoms with Crippen molar-refractivity contribution in [2.24, 2.45) is 5.73 Å². The lowest BCUT2D eigenvalue weighted by molar-refractivity contribution is 0.0747. The minimum Gasteiger partial charge on any atom is -0.382 e. The second-order valence-electron chi connectivity index (χ2n) is 3.68. The molecule has 0 radical (unpaired) electrons. The van der Waals surface area contributed by atoms with Gasteiger partial charge >= 0.3 is 0 Å². The highest BCUT2D eigenvalue weighted by Crippen LogP contribution is 2.08. The van der Waals surface area contributed by atoms with Gasteiger partial charge in [0.25, 0.3) is 10.1 Å². The Bertz CT molecular complexity index is 424. The normalized spacial score (nSPS) is 10.7. The van der Waals surface area contributed by atoms with Crippen LogP contribution >= 0.6 is 0 Å². The van der Waals surface area contributed by atoms with Crippen LogP contribution in [0.4, 0.5) is 0 Å². The van der Waals surface area contributed by atoms with Crippen molar-refractivity contribution in [3.05, 3.63) is 29.8 Å². The Morgan fingerprint density at radius 1 is 1.16 bits per heavy atom. The third-order valence-corrected chi connectivity index (χ3v) is 2.88. The molecule has 0 saturated carbocycles. The lowest BCUT2D eigenvalue weighted by Crippen LogP contribution is -2.11. The molecular formula is C12H21NO5S. The zero-order valence-electron chi connectivity index (χ0n) is 11.2. The predicted octanol–water partition coefficient (Wildman–Crippen LogP) is 0.850. The Balaban J connectivity index is 0.000000362. The molecule has 1 rings (SSSR count). The van der Waals surface area contributed by atoms with Crippen molar-refractivity contribution in [2.75, 3.05) is 33.5 Å². The van der Waals surface area contributed by atoms with Crippen LogP contribution in [-0.4, -0.2) is 46.4 Å². The summed E-state index contributed by atoms with van der Waals surface area (Å²) in [7, 11) is -2.37. The SMILES string of the molecule is COCCOCCN.Cc1ccc(S(=O)(=O)O)cc1. The van der Waals surface area contributed by atoms with E-state index in [9.17, 15) is 8.42 Å². The van der Waals surface area contributed by atoms with Gasteiger partial charge in [-0.25, -0.2) is 0 Å². The van der Waals surface area contributed by atoms with Crippen LogP contribution < -0.4 is 5.73 Å².